The molecule has 1 saturated carbocycles. The van der Waals surface area contributed by atoms with Gasteiger partial charge in [0.15, 0.2) is 0 Å². The number of hydrogen-bond donors (Lipinski definition) is 3. The zero-order valence-electron chi connectivity index (χ0n) is 17.5. The molecular formula is C24H29N3O3. The Labute approximate surface area is 177 Å². The van der Waals surface area contributed by atoms with Gasteiger partial charge in [0.05, 0.1) is 6.04 Å². The third-order valence-corrected chi connectivity index (χ3v) is 5.42. The molecule has 0 aromatic heterocycles. The first kappa shape index (κ1) is 21.6. The van der Waals surface area contributed by atoms with E-state index in [-0.39, 0.29) is 29.7 Å². The van der Waals surface area contributed by atoms with E-state index in [1.54, 1.807) is 30.3 Å². The summed E-state index contributed by atoms with van der Waals surface area (Å²) in [5, 5.41) is 8.68. The van der Waals surface area contributed by atoms with E-state index < -0.39 is 0 Å². The van der Waals surface area contributed by atoms with Gasteiger partial charge >= 0.3 is 0 Å². The van der Waals surface area contributed by atoms with E-state index in [1.807, 2.05) is 25.1 Å². The molecule has 6 nitrogen and oxygen atoms in total. The second-order valence-electron chi connectivity index (χ2n) is 7.91. The number of rotatable bonds is 6. The molecule has 0 spiro atoms. The minimum atomic E-state index is -0.244. The Bertz CT molecular complexity index is 919. The number of carbonyl (C=O) groups is 3. The summed E-state index contributed by atoms with van der Waals surface area (Å²) in [5.74, 6) is -0.264. The van der Waals surface area contributed by atoms with Crippen molar-refractivity contribution in [2.24, 2.45) is 5.92 Å². The first-order valence-corrected chi connectivity index (χ1v) is 10.5. The molecule has 0 aliphatic heterocycles. The van der Waals surface area contributed by atoms with Gasteiger partial charge in [-0.05, 0) is 55.7 Å². The van der Waals surface area contributed by atoms with E-state index in [4.69, 9.17) is 0 Å². The van der Waals surface area contributed by atoms with Crippen LogP contribution in [0.2, 0.25) is 0 Å². The largest absolute Gasteiger partial charge is 0.346 e. The smallest absolute Gasteiger partial charge is 0.251 e. The van der Waals surface area contributed by atoms with Crippen LogP contribution in [0.1, 0.15) is 67.9 Å². The van der Waals surface area contributed by atoms with Crippen LogP contribution in [0.3, 0.4) is 0 Å². The fourth-order valence-corrected chi connectivity index (χ4v) is 3.80. The van der Waals surface area contributed by atoms with Crippen LogP contribution in [-0.2, 0) is 9.59 Å². The number of anilines is 2. The highest BCUT2D eigenvalue weighted by molar-refractivity contribution is 5.98. The molecule has 0 saturated heterocycles. The molecule has 0 heterocycles. The monoisotopic (exact) mass is 407 g/mol. The molecule has 2 aromatic rings. The van der Waals surface area contributed by atoms with Gasteiger partial charge in [-0.25, -0.2) is 0 Å². The Balaban J connectivity index is 1.63. The maximum Gasteiger partial charge on any atom is 0.251 e. The van der Waals surface area contributed by atoms with Crippen LogP contribution in [-0.4, -0.2) is 17.7 Å². The quantitative estimate of drug-likeness (QED) is 0.651. The lowest BCUT2D eigenvalue weighted by atomic mass is 9.88. The molecule has 3 amide bonds. The summed E-state index contributed by atoms with van der Waals surface area (Å²) in [6.45, 7) is 3.34. The molecule has 0 bridgehead atoms. The summed E-state index contributed by atoms with van der Waals surface area (Å²) >= 11 is 0. The molecule has 0 radical (unpaired) electrons. The first-order valence-electron chi connectivity index (χ1n) is 10.5. The third kappa shape index (κ3) is 5.92. The average molecular weight is 408 g/mol. The highest BCUT2D eigenvalue weighted by Gasteiger charge is 2.21. The van der Waals surface area contributed by atoms with E-state index in [0.717, 1.165) is 31.2 Å². The van der Waals surface area contributed by atoms with E-state index in [2.05, 4.69) is 16.0 Å². The van der Waals surface area contributed by atoms with Crippen LogP contribution in [0.4, 0.5) is 11.4 Å². The average Bonchev–Trinajstić information content (AvgIpc) is 2.74. The molecule has 1 aliphatic rings. The summed E-state index contributed by atoms with van der Waals surface area (Å²) in [5.41, 5.74) is 2.70. The highest BCUT2D eigenvalue weighted by atomic mass is 16.2. The Hall–Kier alpha value is -3.15. The number of amides is 3. The lowest BCUT2D eigenvalue weighted by molar-refractivity contribution is -0.120. The fraction of sp³-hybridized carbons (Fsp3) is 0.375. The van der Waals surface area contributed by atoms with Gasteiger partial charge in [0.2, 0.25) is 11.8 Å². The lowest BCUT2D eigenvalue weighted by Crippen LogP contribution is -2.27. The zero-order chi connectivity index (χ0) is 21.5. The predicted octanol–water partition coefficient (Wildman–Crippen LogP) is 4.65. The van der Waals surface area contributed by atoms with E-state index >= 15 is 0 Å². The third-order valence-electron chi connectivity index (χ3n) is 5.42. The van der Waals surface area contributed by atoms with Gasteiger partial charge in [-0.15, -0.1) is 0 Å². The number of benzene rings is 2. The summed E-state index contributed by atoms with van der Waals surface area (Å²) in [4.78, 5) is 36.5. The van der Waals surface area contributed by atoms with Crippen LogP contribution < -0.4 is 16.0 Å². The highest BCUT2D eigenvalue weighted by Crippen LogP contribution is 2.25. The second kappa shape index (κ2) is 10.1. The van der Waals surface area contributed by atoms with Crippen LogP contribution in [0, 0.1) is 5.92 Å². The fourth-order valence-electron chi connectivity index (χ4n) is 3.80. The normalized spacial score (nSPS) is 15.1. The van der Waals surface area contributed by atoms with Crippen LogP contribution >= 0.6 is 0 Å². The molecule has 3 N–H and O–H groups in total. The van der Waals surface area contributed by atoms with Crippen molar-refractivity contribution in [3.63, 3.8) is 0 Å². The molecule has 1 aliphatic carbocycles. The predicted molar refractivity (Wildman–Crippen MR) is 118 cm³/mol. The Morgan fingerprint density at radius 3 is 2.27 bits per heavy atom. The van der Waals surface area contributed by atoms with Crippen LogP contribution in [0.25, 0.3) is 0 Å². The minimum absolute atomic E-state index is 0.0374. The van der Waals surface area contributed by atoms with E-state index in [1.165, 1.54) is 13.3 Å². The number of carbonyl (C=O) groups excluding carboxylic acids is 3. The first-order chi connectivity index (χ1) is 14.4. The second-order valence-corrected chi connectivity index (χ2v) is 7.91. The molecule has 2 aromatic carbocycles. The van der Waals surface area contributed by atoms with E-state index in [9.17, 15) is 14.4 Å². The van der Waals surface area contributed by atoms with Gasteiger partial charge in [-0.1, -0.05) is 37.5 Å². The standard InChI is InChI=1S/C24H29N3O3/c1-16(19-10-6-12-21(14-19)26-17(2)28)25-24(30)20-11-7-13-22(15-20)27-23(29)18-8-4-3-5-9-18/h6-7,10-16,18H,3-5,8-9H2,1-2H3,(H,25,30)(H,26,28)(H,27,29). The van der Waals surface area contributed by atoms with Gasteiger partial charge in [0, 0.05) is 29.8 Å². The van der Waals surface area contributed by atoms with Crippen molar-refractivity contribution in [3.05, 3.63) is 59.7 Å². The molecule has 158 valence electrons. The van der Waals surface area contributed by atoms with Gasteiger partial charge < -0.3 is 16.0 Å². The molecule has 1 fully saturated rings. The molecule has 3 rings (SSSR count). The topological polar surface area (TPSA) is 87.3 Å². The number of hydrogen-bond acceptors (Lipinski definition) is 3. The molecule has 1 unspecified atom stereocenters. The van der Waals surface area contributed by atoms with Crippen molar-refractivity contribution in [3.8, 4) is 0 Å². The molecule has 30 heavy (non-hydrogen) atoms. The van der Waals surface area contributed by atoms with Crippen molar-refractivity contribution in [2.75, 3.05) is 10.6 Å². The summed E-state index contributed by atoms with van der Waals surface area (Å²) < 4.78 is 0. The van der Waals surface area contributed by atoms with Gasteiger partial charge in [-0.3, -0.25) is 14.4 Å². The van der Waals surface area contributed by atoms with Gasteiger partial charge in [0.25, 0.3) is 5.91 Å². The van der Waals surface area contributed by atoms with Gasteiger partial charge in [-0.2, -0.15) is 0 Å². The summed E-state index contributed by atoms with van der Waals surface area (Å²) in [6.07, 6.45) is 5.26. The Morgan fingerprint density at radius 2 is 1.57 bits per heavy atom. The van der Waals surface area contributed by atoms with Crippen molar-refractivity contribution in [2.45, 2.75) is 52.0 Å². The van der Waals surface area contributed by atoms with Crippen LogP contribution in [0.5, 0.6) is 0 Å². The van der Waals surface area contributed by atoms with E-state index in [0.29, 0.717) is 16.9 Å². The van der Waals surface area contributed by atoms with Crippen molar-refractivity contribution >= 4 is 29.1 Å². The summed E-state index contributed by atoms with van der Waals surface area (Å²) in [7, 11) is 0. The lowest BCUT2D eigenvalue weighted by Gasteiger charge is -2.21. The Kier molecular flexibility index (Phi) is 7.22. The maximum atomic E-state index is 12.7. The molecule has 6 heteroatoms. The number of nitrogens with one attached hydrogen (secondary N) is 3. The summed E-state index contributed by atoms with van der Waals surface area (Å²) in [6, 6.07) is 14.1. The van der Waals surface area contributed by atoms with Crippen molar-refractivity contribution in [1.82, 2.24) is 5.32 Å². The SMILES string of the molecule is CC(=O)Nc1cccc(C(C)NC(=O)c2cccc(NC(=O)C3CCCCC3)c2)c1. The van der Waals surface area contributed by atoms with Crippen LogP contribution in [0.15, 0.2) is 48.5 Å². The van der Waals surface area contributed by atoms with Gasteiger partial charge in [0.1, 0.15) is 0 Å². The van der Waals surface area contributed by atoms with Crippen molar-refractivity contribution in [1.29, 1.82) is 0 Å². The maximum absolute atomic E-state index is 12.7. The minimum Gasteiger partial charge on any atom is -0.346 e. The zero-order valence-corrected chi connectivity index (χ0v) is 17.5. The molecule has 1 atom stereocenters. The Morgan fingerprint density at radius 1 is 0.900 bits per heavy atom. The molecular weight excluding hydrogens is 378 g/mol. The van der Waals surface area contributed by atoms with Crippen molar-refractivity contribution < 1.29 is 14.4 Å².